The molecule has 0 aromatic carbocycles. The first kappa shape index (κ1) is 16.4. The number of piperidine rings is 1. The first-order valence-electron chi connectivity index (χ1n) is 8.07. The van der Waals surface area contributed by atoms with Gasteiger partial charge in [0.15, 0.2) is 0 Å². The van der Waals surface area contributed by atoms with Crippen LogP contribution in [0.1, 0.15) is 39.5 Å². The van der Waals surface area contributed by atoms with E-state index in [-0.39, 0.29) is 5.56 Å². The molecule has 5 heteroatoms. The molecule has 0 N–H and O–H groups in total. The van der Waals surface area contributed by atoms with Crippen molar-refractivity contribution < 1.29 is 0 Å². The molecule has 1 saturated heterocycles. The van der Waals surface area contributed by atoms with Crippen molar-refractivity contribution in [1.82, 2.24) is 9.78 Å². The Kier molecular flexibility index (Phi) is 6.15. The van der Waals surface area contributed by atoms with Gasteiger partial charge >= 0.3 is 0 Å². The molecule has 118 valence electrons. The van der Waals surface area contributed by atoms with E-state index >= 15 is 0 Å². The summed E-state index contributed by atoms with van der Waals surface area (Å²) in [6.45, 7) is 7.18. The second-order valence-electron chi connectivity index (χ2n) is 6.24. The van der Waals surface area contributed by atoms with E-state index in [1.807, 2.05) is 6.20 Å². The average Bonchev–Trinajstić information content (AvgIpc) is 2.49. The van der Waals surface area contributed by atoms with Gasteiger partial charge in [0, 0.05) is 25.7 Å². The number of hydrogen-bond acceptors (Lipinski definition) is 4. The van der Waals surface area contributed by atoms with Gasteiger partial charge in [-0.3, -0.25) is 4.79 Å². The monoisotopic (exact) mass is 309 g/mol. The molecule has 2 heterocycles. The van der Waals surface area contributed by atoms with E-state index in [4.69, 9.17) is 0 Å². The summed E-state index contributed by atoms with van der Waals surface area (Å²) in [4.78, 5) is 14.5. The molecule has 1 aromatic heterocycles. The van der Waals surface area contributed by atoms with Crippen LogP contribution < -0.4 is 10.5 Å². The number of hydrogen-bond donors (Lipinski definition) is 1. The number of rotatable bonds is 6. The van der Waals surface area contributed by atoms with Crippen molar-refractivity contribution in [2.24, 2.45) is 11.8 Å². The SMILES string of the molecule is CCCC(CS)Cn1ncc(N2CCC(C)CC2)cc1=O. The lowest BCUT2D eigenvalue weighted by molar-refractivity contribution is 0.412. The fourth-order valence-electron chi connectivity index (χ4n) is 2.89. The van der Waals surface area contributed by atoms with Crippen LogP contribution in [0.25, 0.3) is 0 Å². The van der Waals surface area contributed by atoms with Crippen LogP contribution in [0.15, 0.2) is 17.1 Å². The normalized spacial score (nSPS) is 18.0. The number of thiol groups is 1. The third-order valence-corrected chi connectivity index (χ3v) is 4.91. The van der Waals surface area contributed by atoms with Crippen molar-refractivity contribution in [3.05, 3.63) is 22.6 Å². The molecular formula is C16H27N3OS. The van der Waals surface area contributed by atoms with Crippen LogP contribution in [0, 0.1) is 11.8 Å². The van der Waals surface area contributed by atoms with Gasteiger partial charge in [-0.1, -0.05) is 20.3 Å². The van der Waals surface area contributed by atoms with Crippen LogP contribution in [0.2, 0.25) is 0 Å². The number of anilines is 1. The van der Waals surface area contributed by atoms with Crippen molar-refractivity contribution >= 4 is 18.3 Å². The minimum absolute atomic E-state index is 0.00834. The van der Waals surface area contributed by atoms with Crippen molar-refractivity contribution in [1.29, 1.82) is 0 Å². The Morgan fingerprint density at radius 1 is 1.43 bits per heavy atom. The van der Waals surface area contributed by atoms with Crippen molar-refractivity contribution in [2.45, 2.75) is 46.1 Å². The summed E-state index contributed by atoms with van der Waals surface area (Å²) in [5.74, 6) is 2.01. The maximum atomic E-state index is 12.3. The van der Waals surface area contributed by atoms with Crippen LogP contribution in [-0.4, -0.2) is 28.6 Å². The molecule has 1 atom stereocenters. The molecule has 1 fully saturated rings. The zero-order chi connectivity index (χ0) is 15.2. The summed E-state index contributed by atoms with van der Waals surface area (Å²) in [6.07, 6.45) is 6.44. The van der Waals surface area contributed by atoms with Crippen LogP contribution >= 0.6 is 12.6 Å². The standard InChI is InChI=1S/C16H27N3OS/c1-3-4-14(12-21)11-19-16(20)9-15(10-17-19)18-7-5-13(2)6-8-18/h9-10,13-14,21H,3-8,11-12H2,1-2H3. The summed E-state index contributed by atoms with van der Waals surface area (Å²) in [7, 11) is 0. The minimum Gasteiger partial charge on any atom is -0.370 e. The molecule has 0 amide bonds. The Morgan fingerprint density at radius 3 is 2.71 bits per heavy atom. The second-order valence-corrected chi connectivity index (χ2v) is 6.61. The fraction of sp³-hybridized carbons (Fsp3) is 0.750. The molecule has 2 rings (SSSR count). The third kappa shape index (κ3) is 4.50. The molecule has 4 nitrogen and oxygen atoms in total. The van der Waals surface area contributed by atoms with E-state index in [1.165, 1.54) is 12.8 Å². The highest BCUT2D eigenvalue weighted by molar-refractivity contribution is 7.80. The summed E-state index contributed by atoms with van der Waals surface area (Å²) >= 11 is 4.37. The highest BCUT2D eigenvalue weighted by atomic mass is 32.1. The first-order valence-corrected chi connectivity index (χ1v) is 8.70. The smallest absolute Gasteiger partial charge is 0.268 e. The predicted molar refractivity (Wildman–Crippen MR) is 91.4 cm³/mol. The average molecular weight is 309 g/mol. The van der Waals surface area contributed by atoms with Gasteiger partial charge in [0.2, 0.25) is 0 Å². The molecule has 0 saturated carbocycles. The van der Waals surface area contributed by atoms with Gasteiger partial charge in [-0.2, -0.15) is 17.7 Å². The van der Waals surface area contributed by atoms with Gasteiger partial charge in [-0.05, 0) is 36.9 Å². The van der Waals surface area contributed by atoms with Crippen LogP contribution in [0.4, 0.5) is 5.69 Å². The van der Waals surface area contributed by atoms with Crippen molar-refractivity contribution in [3.8, 4) is 0 Å². The molecule has 0 radical (unpaired) electrons. The molecule has 1 aliphatic rings. The van der Waals surface area contributed by atoms with Gasteiger partial charge in [0.05, 0.1) is 11.9 Å². The lowest BCUT2D eigenvalue weighted by Crippen LogP contribution is -2.35. The van der Waals surface area contributed by atoms with Crippen LogP contribution in [0.3, 0.4) is 0 Å². The van der Waals surface area contributed by atoms with E-state index in [2.05, 4.69) is 36.5 Å². The maximum Gasteiger partial charge on any atom is 0.268 e. The topological polar surface area (TPSA) is 38.1 Å². The zero-order valence-electron chi connectivity index (χ0n) is 13.2. The maximum absolute atomic E-state index is 12.3. The number of nitrogens with zero attached hydrogens (tertiary/aromatic N) is 3. The predicted octanol–water partition coefficient (Wildman–Crippen LogP) is 2.83. The van der Waals surface area contributed by atoms with Gasteiger partial charge < -0.3 is 4.90 Å². The number of aromatic nitrogens is 2. The van der Waals surface area contributed by atoms with E-state index in [1.54, 1.807) is 10.7 Å². The van der Waals surface area contributed by atoms with E-state index < -0.39 is 0 Å². The van der Waals surface area contributed by atoms with Gasteiger partial charge in [0.1, 0.15) is 0 Å². The summed E-state index contributed by atoms with van der Waals surface area (Å²) in [6, 6.07) is 1.74. The molecule has 1 unspecified atom stereocenters. The summed E-state index contributed by atoms with van der Waals surface area (Å²) in [5.41, 5.74) is 0.982. The minimum atomic E-state index is 0.00834. The summed E-state index contributed by atoms with van der Waals surface area (Å²) in [5, 5.41) is 4.37. The van der Waals surface area contributed by atoms with Crippen molar-refractivity contribution in [3.63, 3.8) is 0 Å². The fourth-order valence-corrected chi connectivity index (χ4v) is 3.19. The van der Waals surface area contributed by atoms with E-state index in [0.717, 1.165) is 43.3 Å². The second kappa shape index (κ2) is 7.87. The molecule has 0 aliphatic carbocycles. The van der Waals surface area contributed by atoms with Crippen LogP contribution in [-0.2, 0) is 6.54 Å². The van der Waals surface area contributed by atoms with Crippen LogP contribution in [0.5, 0.6) is 0 Å². The Hall–Kier alpha value is -0.970. The largest absolute Gasteiger partial charge is 0.370 e. The Morgan fingerprint density at radius 2 is 2.14 bits per heavy atom. The van der Waals surface area contributed by atoms with Gasteiger partial charge in [-0.25, -0.2) is 4.68 Å². The Bertz CT molecular complexity index is 495. The quantitative estimate of drug-likeness (QED) is 0.821. The molecule has 1 aromatic rings. The van der Waals surface area contributed by atoms with E-state index in [9.17, 15) is 4.79 Å². The zero-order valence-corrected chi connectivity index (χ0v) is 14.1. The lowest BCUT2D eigenvalue weighted by atomic mass is 9.99. The van der Waals surface area contributed by atoms with E-state index in [0.29, 0.717) is 12.5 Å². The first-order chi connectivity index (χ1) is 10.1. The summed E-state index contributed by atoms with van der Waals surface area (Å²) < 4.78 is 1.59. The lowest BCUT2D eigenvalue weighted by Gasteiger charge is -2.31. The highest BCUT2D eigenvalue weighted by Gasteiger charge is 2.17. The Labute approximate surface area is 132 Å². The molecule has 0 spiro atoms. The highest BCUT2D eigenvalue weighted by Crippen LogP contribution is 2.21. The molecule has 0 bridgehead atoms. The molecule has 1 aliphatic heterocycles. The Balaban J connectivity index is 2.05. The third-order valence-electron chi connectivity index (χ3n) is 4.39. The molecule has 21 heavy (non-hydrogen) atoms. The van der Waals surface area contributed by atoms with Gasteiger partial charge in [-0.15, -0.1) is 0 Å². The van der Waals surface area contributed by atoms with Gasteiger partial charge in [0.25, 0.3) is 5.56 Å². The van der Waals surface area contributed by atoms with Crippen molar-refractivity contribution in [2.75, 3.05) is 23.7 Å². The molecular weight excluding hydrogens is 282 g/mol.